The molecule has 6 heteroatoms. The third kappa shape index (κ3) is 3.70. The Morgan fingerprint density at radius 2 is 1.73 bits per heavy atom. The Balaban J connectivity index is 2.14. The van der Waals surface area contributed by atoms with Gasteiger partial charge in [0.2, 0.25) is 0 Å². The third-order valence-electron chi connectivity index (χ3n) is 4.02. The average molecular weight is 370 g/mol. The van der Waals surface area contributed by atoms with E-state index in [1.807, 2.05) is 0 Å². The van der Waals surface area contributed by atoms with Crippen LogP contribution in [0.3, 0.4) is 0 Å². The number of carbonyl (C=O) groups is 2. The van der Waals surface area contributed by atoms with Crippen molar-refractivity contribution in [1.82, 2.24) is 0 Å². The van der Waals surface area contributed by atoms with Gasteiger partial charge in [-0.05, 0) is 58.8 Å². The van der Waals surface area contributed by atoms with Gasteiger partial charge in [-0.1, -0.05) is 12.1 Å². The fourth-order valence-corrected chi connectivity index (χ4v) is 3.33. The maximum atomic E-state index is 13.7. The second-order valence-electron chi connectivity index (χ2n) is 5.89. The van der Waals surface area contributed by atoms with Gasteiger partial charge in [-0.2, -0.15) is 0 Å². The molecule has 1 atom stereocenters. The SMILES string of the molecule is CS(=O)c1ccc(C(=O)c2cc(CC(=O)O)cc3ccc(F)cc23)cc1. The van der Waals surface area contributed by atoms with Crippen LogP contribution < -0.4 is 0 Å². The van der Waals surface area contributed by atoms with E-state index < -0.39 is 22.6 Å². The Morgan fingerprint density at radius 3 is 2.35 bits per heavy atom. The quantitative estimate of drug-likeness (QED) is 0.697. The summed E-state index contributed by atoms with van der Waals surface area (Å²) < 4.78 is 25.2. The molecule has 0 aliphatic rings. The molecule has 0 aliphatic heterocycles. The summed E-state index contributed by atoms with van der Waals surface area (Å²) in [4.78, 5) is 24.6. The molecule has 1 N–H and O–H groups in total. The molecule has 0 bridgehead atoms. The lowest BCUT2D eigenvalue weighted by molar-refractivity contribution is -0.136. The molecule has 0 saturated carbocycles. The molecular weight excluding hydrogens is 355 g/mol. The van der Waals surface area contributed by atoms with Crippen molar-refractivity contribution in [1.29, 1.82) is 0 Å². The summed E-state index contributed by atoms with van der Waals surface area (Å²) in [6.07, 6.45) is 1.31. The monoisotopic (exact) mass is 370 g/mol. The van der Waals surface area contributed by atoms with Gasteiger partial charge < -0.3 is 5.11 Å². The van der Waals surface area contributed by atoms with Crippen LogP contribution in [0, 0.1) is 5.82 Å². The van der Waals surface area contributed by atoms with E-state index in [2.05, 4.69) is 0 Å². The van der Waals surface area contributed by atoms with Gasteiger partial charge in [0.05, 0.1) is 6.42 Å². The van der Waals surface area contributed by atoms with Gasteiger partial charge in [-0.25, -0.2) is 4.39 Å². The van der Waals surface area contributed by atoms with Crippen LogP contribution in [0.5, 0.6) is 0 Å². The minimum absolute atomic E-state index is 0.235. The van der Waals surface area contributed by atoms with E-state index >= 15 is 0 Å². The minimum atomic E-state index is -1.16. The Bertz CT molecular complexity index is 1040. The number of halogens is 1. The molecule has 3 aromatic rings. The van der Waals surface area contributed by atoms with Gasteiger partial charge in [0.15, 0.2) is 5.78 Å². The van der Waals surface area contributed by atoms with Gasteiger partial charge >= 0.3 is 5.97 Å². The first-order valence-electron chi connectivity index (χ1n) is 7.77. The topological polar surface area (TPSA) is 71.4 Å². The highest BCUT2D eigenvalue weighted by atomic mass is 32.2. The van der Waals surface area contributed by atoms with Crippen LogP contribution in [0.4, 0.5) is 4.39 Å². The fourth-order valence-electron chi connectivity index (χ4n) is 2.81. The van der Waals surface area contributed by atoms with Crippen molar-refractivity contribution in [2.45, 2.75) is 11.3 Å². The first kappa shape index (κ1) is 17.9. The van der Waals surface area contributed by atoms with Gasteiger partial charge in [0, 0.05) is 33.1 Å². The fraction of sp³-hybridized carbons (Fsp3) is 0.100. The molecule has 132 valence electrons. The number of aliphatic carboxylic acids is 1. The van der Waals surface area contributed by atoms with Crippen molar-refractivity contribution in [3.63, 3.8) is 0 Å². The standard InChI is InChI=1S/C20H15FO4S/c1-26(25)16-6-3-13(4-7-16)20(24)18-9-12(10-19(22)23)8-14-2-5-15(21)11-17(14)18/h2-9,11H,10H2,1H3,(H,22,23). The van der Waals surface area contributed by atoms with Gasteiger partial charge in [-0.15, -0.1) is 0 Å². The number of ketones is 1. The van der Waals surface area contributed by atoms with Crippen LogP contribution in [0.15, 0.2) is 59.5 Å². The predicted molar refractivity (Wildman–Crippen MR) is 97.5 cm³/mol. The predicted octanol–water partition coefficient (Wildman–Crippen LogP) is 3.57. The van der Waals surface area contributed by atoms with Crippen molar-refractivity contribution >= 4 is 33.3 Å². The lowest BCUT2D eigenvalue weighted by Gasteiger charge is -2.10. The number of hydrogen-bond donors (Lipinski definition) is 1. The lowest BCUT2D eigenvalue weighted by atomic mass is 9.94. The van der Waals surface area contributed by atoms with Crippen LogP contribution in [0.1, 0.15) is 21.5 Å². The molecule has 0 amide bonds. The molecule has 4 nitrogen and oxygen atoms in total. The van der Waals surface area contributed by atoms with Crippen LogP contribution in [-0.4, -0.2) is 27.3 Å². The van der Waals surface area contributed by atoms with E-state index in [4.69, 9.17) is 5.11 Å². The van der Waals surface area contributed by atoms with Gasteiger partial charge in [0.1, 0.15) is 5.82 Å². The number of fused-ring (bicyclic) bond motifs is 1. The van der Waals surface area contributed by atoms with Crippen LogP contribution in [0.25, 0.3) is 10.8 Å². The van der Waals surface area contributed by atoms with Crippen LogP contribution in [-0.2, 0) is 22.0 Å². The molecule has 26 heavy (non-hydrogen) atoms. The summed E-state index contributed by atoms with van der Waals surface area (Å²) in [6.45, 7) is 0. The summed E-state index contributed by atoms with van der Waals surface area (Å²) in [7, 11) is -1.16. The summed E-state index contributed by atoms with van der Waals surface area (Å²) in [6, 6.07) is 13.5. The van der Waals surface area contributed by atoms with Crippen molar-refractivity contribution < 1.29 is 23.3 Å². The second-order valence-corrected chi connectivity index (χ2v) is 7.27. The average Bonchev–Trinajstić information content (AvgIpc) is 2.60. The number of carboxylic acid groups (broad SMARTS) is 1. The number of rotatable bonds is 5. The Labute approximate surface area is 151 Å². The molecule has 0 spiro atoms. The van der Waals surface area contributed by atoms with E-state index in [1.165, 1.54) is 24.3 Å². The van der Waals surface area contributed by atoms with E-state index in [-0.39, 0.29) is 17.8 Å². The maximum absolute atomic E-state index is 13.7. The number of carbonyl (C=O) groups excluding carboxylic acids is 1. The zero-order valence-electron chi connectivity index (χ0n) is 13.9. The van der Waals surface area contributed by atoms with E-state index in [0.29, 0.717) is 26.8 Å². The highest BCUT2D eigenvalue weighted by molar-refractivity contribution is 7.84. The number of benzene rings is 3. The van der Waals surface area contributed by atoms with Crippen molar-refractivity contribution in [3.8, 4) is 0 Å². The van der Waals surface area contributed by atoms with E-state index in [9.17, 15) is 18.2 Å². The Kier molecular flexibility index (Phi) is 4.95. The second kappa shape index (κ2) is 7.17. The Hall–Kier alpha value is -2.86. The lowest BCUT2D eigenvalue weighted by Crippen LogP contribution is -2.06. The molecule has 0 heterocycles. The molecule has 1 unspecified atom stereocenters. The summed E-state index contributed by atoms with van der Waals surface area (Å²) >= 11 is 0. The number of carboxylic acids is 1. The third-order valence-corrected chi connectivity index (χ3v) is 4.96. The molecular formula is C20H15FO4S. The van der Waals surface area contributed by atoms with Gasteiger partial charge in [-0.3, -0.25) is 13.8 Å². The minimum Gasteiger partial charge on any atom is -0.481 e. The first-order chi connectivity index (χ1) is 12.3. The molecule has 0 fully saturated rings. The summed E-state index contributed by atoms with van der Waals surface area (Å²) in [5.41, 5.74) is 1.06. The normalized spacial score (nSPS) is 12.1. The first-order valence-corrected chi connectivity index (χ1v) is 9.33. The van der Waals surface area contributed by atoms with Gasteiger partial charge in [0.25, 0.3) is 0 Å². The summed E-state index contributed by atoms with van der Waals surface area (Å²) in [5, 5.41) is 10.1. The Morgan fingerprint density at radius 1 is 1.04 bits per heavy atom. The zero-order valence-corrected chi connectivity index (χ0v) is 14.7. The van der Waals surface area contributed by atoms with Crippen molar-refractivity contribution in [2.75, 3.05) is 6.26 Å². The maximum Gasteiger partial charge on any atom is 0.307 e. The summed E-state index contributed by atoms with van der Waals surface area (Å²) in [5.74, 6) is -1.84. The molecule has 0 aliphatic carbocycles. The van der Waals surface area contributed by atoms with E-state index in [1.54, 1.807) is 36.6 Å². The number of hydrogen-bond acceptors (Lipinski definition) is 3. The molecule has 0 radical (unpaired) electrons. The largest absolute Gasteiger partial charge is 0.481 e. The molecule has 3 rings (SSSR count). The molecule has 0 saturated heterocycles. The smallest absolute Gasteiger partial charge is 0.307 e. The zero-order chi connectivity index (χ0) is 18.8. The van der Waals surface area contributed by atoms with Crippen LogP contribution in [0.2, 0.25) is 0 Å². The molecule has 3 aromatic carbocycles. The highest BCUT2D eigenvalue weighted by Crippen LogP contribution is 2.25. The molecule has 0 aromatic heterocycles. The van der Waals surface area contributed by atoms with Crippen molar-refractivity contribution in [3.05, 3.63) is 77.1 Å². The van der Waals surface area contributed by atoms with E-state index in [0.717, 1.165) is 0 Å². The highest BCUT2D eigenvalue weighted by Gasteiger charge is 2.16. The van der Waals surface area contributed by atoms with Crippen molar-refractivity contribution in [2.24, 2.45) is 0 Å². The van der Waals surface area contributed by atoms with Crippen LogP contribution >= 0.6 is 0 Å².